The average molecular weight is 343 g/mol. The summed E-state index contributed by atoms with van der Waals surface area (Å²) < 4.78 is 0. The summed E-state index contributed by atoms with van der Waals surface area (Å²) in [6, 6.07) is 4.45. The number of aryl methyl sites for hydroxylation is 1. The Morgan fingerprint density at radius 3 is 2.45 bits per heavy atom. The third-order valence-corrected chi connectivity index (χ3v) is 4.09. The lowest BCUT2D eigenvalue weighted by molar-refractivity contribution is 0.180. The molecule has 0 radical (unpaired) electrons. The fourth-order valence-electron chi connectivity index (χ4n) is 3.16. The van der Waals surface area contributed by atoms with Gasteiger partial charge in [-0.05, 0) is 68.5 Å². The van der Waals surface area contributed by atoms with Crippen LogP contribution in [-0.2, 0) is 12.8 Å². The number of phenolic OH excluding ortho intramolecular Hbond substituents is 1. The molecule has 0 saturated heterocycles. The maximum atomic E-state index is 9.68. The summed E-state index contributed by atoms with van der Waals surface area (Å²) in [5.74, 6) is 0.233. The molecule has 2 rings (SSSR count). The lowest BCUT2D eigenvalue weighted by atomic mass is 9.86. The van der Waals surface area contributed by atoms with Crippen LogP contribution in [0.1, 0.15) is 44.2 Å². The first-order valence-corrected chi connectivity index (χ1v) is 7.50. The summed E-state index contributed by atoms with van der Waals surface area (Å²) in [4.78, 5) is 2.62. The third kappa shape index (κ3) is 3.89. The molecular formula is C16H27BrN2O. The van der Waals surface area contributed by atoms with Gasteiger partial charge in [-0.15, -0.1) is 17.0 Å². The molecule has 0 aliphatic heterocycles. The zero-order valence-electron chi connectivity index (χ0n) is 12.6. The molecule has 1 aliphatic carbocycles. The van der Waals surface area contributed by atoms with Gasteiger partial charge in [0.2, 0.25) is 0 Å². The lowest BCUT2D eigenvalue weighted by Gasteiger charge is -2.35. The highest BCUT2D eigenvalue weighted by atomic mass is 79.9. The van der Waals surface area contributed by atoms with Crippen molar-refractivity contribution in [1.29, 1.82) is 0 Å². The van der Waals surface area contributed by atoms with Gasteiger partial charge in [0.15, 0.2) is 0 Å². The molecular weight excluding hydrogens is 316 g/mol. The normalized spacial score (nSPS) is 17.6. The molecule has 0 saturated carbocycles. The number of aromatic hydroxyl groups is 1. The van der Waals surface area contributed by atoms with E-state index in [-0.39, 0.29) is 22.7 Å². The Labute approximate surface area is 132 Å². The van der Waals surface area contributed by atoms with Gasteiger partial charge in [0.1, 0.15) is 5.75 Å². The molecule has 1 atom stereocenters. The minimum atomic E-state index is 0. The fraction of sp³-hybridized carbons (Fsp3) is 0.625. The Hall–Kier alpha value is -0.740. The molecule has 20 heavy (non-hydrogen) atoms. The number of hydrogen-bond acceptors (Lipinski definition) is 3. The van der Waals surface area contributed by atoms with Crippen molar-refractivity contribution < 1.29 is 5.11 Å². The van der Waals surface area contributed by atoms with Crippen LogP contribution in [0.2, 0.25) is 0 Å². The van der Waals surface area contributed by atoms with Crippen LogP contribution in [0.15, 0.2) is 12.1 Å². The SMILES string of the molecule is Br.CCCN(CCC)C1CCc2cc(O)c(N)cc2C1. The number of phenols is 1. The number of hydrogen-bond donors (Lipinski definition) is 2. The molecule has 1 aromatic carbocycles. The van der Waals surface area contributed by atoms with Crippen LogP contribution in [0.5, 0.6) is 5.75 Å². The van der Waals surface area contributed by atoms with Gasteiger partial charge in [-0.3, -0.25) is 0 Å². The number of halogens is 1. The van der Waals surface area contributed by atoms with E-state index in [0.717, 1.165) is 12.8 Å². The van der Waals surface area contributed by atoms with Crippen LogP contribution in [-0.4, -0.2) is 29.1 Å². The number of benzene rings is 1. The van der Waals surface area contributed by atoms with Crippen LogP contribution < -0.4 is 5.73 Å². The molecule has 3 nitrogen and oxygen atoms in total. The van der Waals surface area contributed by atoms with Gasteiger partial charge in [-0.2, -0.15) is 0 Å². The quantitative estimate of drug-likeness (QED) is 0.635. The van der Waals surface area contributed by atoms with Crippen molar-refractivity contribution in [2.24, 2.45) is 0 Å². The maximum absolute atomic E-state index is 9.68. The van der Waals surface area contributed by atoms with E-state index in [2.05, 4.69) is 18.7 Å². The minimum Gasteiger partial charge on any atom is -0.506 e. The zero-order valence-corrected chi connectivity index (χ0v) is 14.3. The Bertz CT molecular complexity index is 431. The van der Waals surface area contributed by atoms with Crippen molar-refractivity contribution in [1.82, 2.24) is 4.90 Å². The first kappa shape index (κ1) is 17.3. The Morgan fingerprint density at radius 2 is 1.85 bits per heavy atom. The predicted octanol–water partition coefficient (Wildman–Crippen LogP) is 3.53. The van der Waals surface area contributed by atoms with E-state index in [4.69, 9.17) is 5.73 Å². The molecule has 0 heterocycles. The number of nitrogens with zero attached hydrogens (tertiary/aromatic N) is 1. The molecule has 114 valence electrons. The lowest BCUT2D eigenvalue weighted by Crippen LogP contribution is -2.40. The molecule has 4 heteroatoms. The van der Waals surface area contributed by atoms with Crippen LogP contribution in [0.3, 0.4) is 0 Å². The first-order valence-electron chi connectivity index (χ1n) is 7.50. The topological polar surface area (TPSA) is 49.5 Å². The molecule has 1 unspecified atom stereocenters. The van der Waals surface area contributed by atoms with Crippen molar-refractivity contribution in [2.75, 3.05) is 18.8 Å². The molecule has 1 aliphatic rings. The van der Waals surface area contributed by atoms with Crippen LogP contribution in [0, 0.1) is 0 Å². The fourth-order valence-corrected chi connectivity index (χ4v) is 3.16. The molecule has 0 amide bonds. The van der Waals surface area contributed by atoms with E-state index < -0.39 is 0 Å². The summed E-state index contributed by atoms with van der Waals surface area (Å²) in [5, 5.41) is 9.68. The van der Waals surface area contributed by atoms with Gasteiger partial charge >= 0.3 is 0 Å². The summed E-state index contributed by atoms with van der Waals surface area (Å²) in [6.07, 6.45) is 5.73. The van der Waals surface area contributed by atoms with Gasteiger partial charge in [-0.25, -0.2) is 0 Å². The third-order valence-electron chi connectivity index (χ3n) is 4.09. The van der Waals surface area contributed by atoms with Gasteiger partial charge in [0, 0.05) is 6.04 Å². The Balaban J connectivity index is 0.00000200. The summed E-state index contributed by atoms with van der Waals surface area (Å²) in [7, 11) is 0. The maximum Gasteiger partial charge on any atom is 0.138 e. The average Bonchev–Trinajstić information content (AvgIpc) is 2.39. The first-order chi connectivity index (χ1) is 9.15. The summed E-state index contributed by atoms with van der Waals surface area (Å²) in [5.41, 5.74) is 8.93. The van der Waals surface area contributed by atoms with Crippen molar-refractivity contribution >= 4 is 22.7 Å². The van der Waals surface area contributed by atoms with Crippen molar-refractivity contribution in [3.8, 4) is 5.75 Å². The van der Waals surface area contributed by atoms with Crippen LogP contribution in [0.4, 0.5) is 5.69 Å². The van der Waals surface area contributed by atoms with Gasteiger partial charge in [0.05, 0.1) is 5.69 Å². The zero-order chi connectivity index (χ0) is 13.8. The Morgan fingerprint density at radius 1 is 1.20 bits per heavy atom. The second-order valence-corrected chi connectivity index (χ2v) is 5.61. The molecule has 1 aromatic rings. The van der Waals surface area contributed by atoms with Crippen LogP contribution >= 0.6 is 17.0 Å². The minimum absolute atomic E-state index is 0. The van der Waals surface area contributed by atoms with Crippen LogP contribution in [0.25, 0.3) is 0 Å². The molecule has 0 fully saturated rings. The highest BCUT2D eigenvalue weighted by molar-refractivity contribution is 8.93. The molecule has 0 bridgehead atoms. The van der Waals surface area contributed by atoms with Gasteiger partial charge in [0.25, 0.3) is 0 Å². The van der Waals surface area contributed by atoms with Crippen molar-refractivity contribution in [2.45, 2.75) is 52.0 Å². The molecule has 3 N–H and O–H groups in total. The van der Waals surface area contributed by atoms with E-state index in [1.54, 1.807) is 0 Å². The monoisotopic (exact) mass is 342 g/mol. The standard InChI is InChI=1S/C16H26N2O.BrH/c1-3-7-18(8-4-2)14-6-5-12-11-16(19)15(17)10-13(12)9-14;/h10-11,14,19H,3-9,17H2,1-2H3;1H. The van der Waals surface area contributed by atoms with E-state index in [1.165, 1.54) is 43.5 Å². The Kier molecular flexibility index (Phi) is 6.83. The molecule has 0 spiro atoms. The number of anilines is 1. The van der Waals surface area contributed by atoms with Gasteiger partial charge < -0.3 is 15.7 Å². The van der Waals surface area contributed by atoms with Crippen molar-refractivity contribution in [3.05, 3.63) is 23.3 Å². The summed E-state index contributed by atoms with van der Waals surface area (Å²) in [6.45, 7) is 6.85. The predicted molar refractivity (Wildman–Crippen MR) is 90.8 cm³/mol. The van der Waals surface area contributed by atoms with E-state index in [9.17, 15) is 5.11 Å². The number of nitrogens with two attached hydrogens (primary N) is 1. The highest BCUT2D eigenvalue weighted by Gasteiger charge is 2.24. The largest absolute Gasteiger partial charge is 0.506 e. The van der Waals surface area contributed by atoms with Crippen molar-refractivity contribution in [3.63, 3.8) is 0 Å². The van der Waals surface area contributed by atoms with E-state index >= 15 is 0 Å². The second kappa shape index (κ2) is 7.89. The molecule has 0 aromatic heterocycles. The van der Waals surface area contributed by atoms with E-state index in [1.807, 2.05) is 12.1 Å². The number of nitrogen functional groups attached to an aromatic ring is 1. The van der Waals surface area contributed by atoms with E-state index in [0.29, 0.717) is 11.7 Å². The summed E-state index contributed by atoms with van der Waals surface area (Å²) >= 11 is 0. The van der Waals surface area contributed by atoms with Gasteiger partial charge in [-0.1, -0.05) is 13.8 Å². The number of fused-ring (bicyclic) bond motifs is 1. The smallest absolute Gasteiger partial charge is 0.138 e. The number of rotatable bonds is 5. The highest BCUT2D eigenvalue weighted by Crippen LogP contribution is 2.31. The second-order valence-electron chi connectivity index (χ2n) is 5.61.